The molecule has 132 valence electrons. The molecular weight excluding hydrogens is 312 g/mol. The molecule has 1 aromatic heterocycles. The van der Waals surface area contributed by atoms with Crippen molar-refractivity contribution < 1.29 is 4.79 Å². The third kappa shape index (κ3) is 4.35. The highest BCUT2D eigenvalue weighted by atomic mass is 16.1. The summed E-state index contributed by atoms with van der Waals surface area (Å²) in [4.78, 5) is 23.8. The molecule has 1 N–H and O–H groups in total. The fourth-order valence-electron chi connectivity index (χ4n) is 3.12. The van der Waals surface area contributed by atoms with Crippen LogP contribution in [0.2, 0.25) is 0 Å². The van der Waals surface area contributed by atoms with Crippen molar-refractivity contribution in [3.05, 3.63) is 52.5 Å². The largest absolute Gasteiger partial charge is 0.357 e. The van der Waals surface area contributed by atoms with Crippen LogP contribution in [-0.2, 0) is 6.54 Å². The van der Waals surface area contributed by atoms with E-state index in [-0.39, 0.29) is 5.91 Å². The topological polar surface area (TPSA) is 58.1 Å². The molecule has 5 heteroatoms. The Kier molecular flexibility index (Phi) is 5.31. The molecule has 1 aliphatic rings. The van der Waals surface area contributed by atoms with Gasteiger partial charge in [-0.2, -0.15) is 0 Å². The summed E-state index contributed by atoms with van der Waals surface area (Å²) in [7, 11) is 0. The maximum atomic E-state index is 12.4. The van der Waals surface area contributed by atoms with E-state index in [4.69, 9.17) is 0 Å². The Labute approximate surface area is 149 Å². The smallest absolute Gasteiger partial charge is 0.251 e. The fourth-order valence-corrected chi connectivity index (χ4v) is 3.12. The Morgan fingerprint density at radius 2 is 1.80 bits per heavy atom. The van der Waals surface area contributed by atoms with Crippen LogP contribution in [0.25, 0.3) is 0 Å². The molecule has 1 amide bonds. The van der Waals surface area contributed by atoms with Gasteiger partial charge < -0.3 is 10.2 Å². The summed E-state index contributed by atoms with van der Waals surface area (Å²) in [6.45, 7) is 8.47. The third-order valence-corrected chi connectivity index (χ3v) is 4.74. The molecule has 1 saturated heterocycles. The first-order valence-corrected chi connectivity index (χ1v) is 8.98. The second-order valence-electron chi connectivity index (χ2n) is 6.81. The molecule has 0 unspecified atom stereocenters. The van der Waals surface area contributed by atoms with E-state index in [1.165, 1.54) is 24.8 Å². The molecule has 0 spiro atoms. The molecule has 0 saturated carbocycles. The first-order valence-electron chi connectivity index (χ1n) is 8.98. The summed E-state index contributed by atoms with van der Waals surface area (Å²) in [5.41, 5.74) is 3.91. The van der Waals surface area contributed by atoms with E-state index in [1.807, 2.05) is 45.0 Å². The zero-order chi connectivity index (χ0) is 17.8. The Morgan fingerprint density at radius 1 is 1.04 bits per heavy atom. The molecule has 3 rings (SSSR count). The van der Waals surface area contributed by atoms with E-state index in [1.54, 1.807) is 0 Å². The van der Waals surface area contributed by atoms with E-state index < -0.39 is 0 Å². The van der Waals surface area contributed by atoms with Gasteiger partial charge in [0.15, 0.2) is 0 Å². The van der Waals surface area contributed by atoms with Crippen LogP contribution in [-0.4, -0.2) is 29.0 Å². The lowest BCUT2D eigenvalue weighted by atomic mass is 10.1. The molecular formula is C20H26N4O. The van der Waals surface area contributed by atoms with Gasteiger partial charge in [0.1, 0.15) is 11.6 Å². The molecule has 0 aliphatic carbocycles. The van der Waals surface area contributed by atoms with Gasteiger partial charge in [0.2, 0.25) is 0 Å². The summed E-state index contributed by atoms with van der Waals surface area (Å²) >= 11 is 0. The van der Waals surface area contributed by atoms with Crippen molar-refractivity contribution in [1.29, 1.82) is 0 Å². The van der Waals surface area contributed by atoms with Crippen molar-refractivity contribution in [3.63, 3.8) is 0 Å². The third-order valence-electron chi connectivity index (χ3n) is 4.74. The minimum absolute atomic E-state index is 0.0901. The van der Waals surface area contributed by atoms with Crippen molar-refractivity contribution in [3.8, 4) is 0 Å². The number of hydrogen-bond donors (Lipinski definition) is 1. The van der Waals surface area contributed by atoms with Crippen LogP contribution in [0.3, 0.4) is 0 Å². The zero-order valence-electron chi connectivity index (χ0n) is 15.3. The monoisotopic (exact) mass is 338 g/mol. The normalized spacial score (nSPS) is 14.4. The number of amides is 1. The highest BCUT2D eigenvalue weighted by molar-refractivity contribution is 5.94. The van der Waals surface area contributed by atoms with Crippen molar-refractivity contribution in [2.45, 2.75) is 46.6 Å². The molecule has 0 bridgehead atoms. The summed E-state index contributed by atoms with van der Waals surface area (Å²) in [5, 5.41) is 2.94. The second kappa shape index (κ2) is 7.64. The standard InChI is InChI=1S/C20H26N4O/c1-14-7-8-17(11-15(14)2)20(25)21-13-18-22-16(3)12-19(23-18)24-9-5-4-6-10-24/h7-8,11-12H,4-6,9-10,13H2,1-3H3,(H,21,25). The number of aromatic nitrogens is 2. The molecule has 1 fully saturated rings. The first-order chi connectivity index (χ1) is 12.0. The summed E-state index contributed by atoms with van der Waals surface area (Å²) < 4.78 is 0. The van der Waals surface area contributed by atoms with Crippen LogP contribution in [0.4, 0.5) is 5.82 Å². The van der Waals surface area contributed by atoms with Gasteiger partial charge in [0.25, 0.3) is 5.91 Å². The van der Waals surface area contributed by atoms with Crippen LogP contribution >= 0.6 is 0 Å². The molecule has 2 heterocycles. The lowest BCUT2D eigenvalue weighted by Gasteiger charge is -2.28. The SMILES string of the molecule is Cc1cc(N2CCCCC2)nc(CNC(=O)c2ccc(C)c(C)c2)n1. The molecule has 0 radical (unpaired) electrons. The average Bonchev–Trinajstić information content (AvgIpc) is 2.62. The summed E-state index contributed by atoms with van der Waals surface area (Å²) in [6.07, 6.45) is 3.71. The maximum absolute atomic E-state index is 12.4. The average molecular weight is 338 g/mol. The van der Waals surface area contributed by atoms with Gasteiger partial charge in [-0.1, -0.05) is 6.07 Å². The number of nitrogens with one attached hydrogen (secondary N) is 1. The van der Waals surface area contributed by atoms with E-state index in [9.17, 15) is 4.79 Å². The number of piperidine rings is 1. The first kappa shape index (κ1) is 17.4. The van der Waals surface area contributed by atoms with Crippen molar-refractivity contribution >= 4 is 11.7 Å². The van der Waals surface area contributed by atoms with Crippen LogP contribution < -0.4 is 10.2 Å². The number of rotatable bonds is 4. The van der Waals surface area contributed by atoms with Gasteiger partial charge in [-0.25, -0.2) is 9.97 Å². The molecule has 0 atom stereocenters. The van der Waals surface area contributed by atoms with E-state index >= 15 is 0 Å². The van der Waals surface area contributed by atoms with E-state index in [2.05, 4.69) is 20.2 Å². The molecule has 1 aliphatic heterocycles. The van der Waals surface area contributed by atoms with Gasteiger partial charge in [-0.3, -0.25) is 4.79 Å². The van der Waals surface area contributed by atoms with Crippen molar-refractivity contribution in [2.24, 2.45) is 0 Å². The maximum Gasteiger partial charge on any atom is 0.251 e. The predicted octanol–water partition coefficient (Wildman–Crippen LogP) is 3.32. The number of carbonyl (C=O) groups excluding carboxylic acids is 1. The van der Waals surface area contributed by atoms with Gasteiger partial charge in [-0.05, 0) is 63.3 Å². The number of carbonyl (C=O) groups is 1. The van der Waals surface area contributed by atoms with Crippen molar-refractivity contribution in [2.75, 3.05) is 18.0 Å². The van der Waals surface area contributed by atoms with Crippen molar-refractivity contribution in [1.82, 2.24) is 15.3 Å². The van der Waals surface area contributed by atoms with Crippen LogP contribution in [0.1, 0.15) is 52.3 Å². The van der Waals surface area contributed by atoms with Gasteiger partial charge in [0.05, 0.1) is 6.54 Å². The number of anilines is 1. The second-order valence-corrected chi connectivity index (χ2v) is 6.81. The number of nitrogens with zero attached hydrogens (tertiary/aromatic N) is 3. The Morgan fingerprint density at radius 3 is 2.52 bits per heavy atom. The highest BCUT2D eigenvalue weighted by Crippen LogP contribution is 2.18. The Bertz CT molecular complexity index is 766. The van der Waals surface area contributed by atoms with Gasteiger partial charge in [0, 0.05) is 30.4 Å². The molecule has 25 heavy (non-hydrogen) atoms. The Hall–Kier alpha value is -2.43. The number of benzene rings is 1. The molecule has 2 aromatic rings. The van der Waals surface area contributed by atoms with E-state index in [0.717, 1.165) is 30.2 Å². The number of aryl methyl sites for hydroxylation is 3. The van der Waals surface area contributed by atoms with Crippen LogP contribution in [0.5, 0.6) is 0 Å². The summed E-state index contributed by atoms with van der Waals surface area (Å²) in [6, 6.07) is 7.77. The van der Waals surface area contributed by atoms with Gasteiger partial charge >= 0.3 is 0 Å². The Balaban J connectivity index is 1.68. The molecule has 5 nitrogen and oxygen atoms in total. The minimum atomic E-state index is -0.0901. The minimum Gasteiger partial charge on any atom is -0.357 e. The highest BCUT2D eigenvalue weighted by Gasteiger charge is 2.14. The van der Waals surface area contributed by atoms with Crippen LogP contribution in [0.15, 0.2) is 24.3 Å². The fraction of sp³-hybridized carbons (Fsp3) is 0.450. The lowest BCUT2D eigenvalue weighted by Crippen LogP contribution is -2.31. The quantitative estimate of drug-likeness (QED) is 0.929. The zero-order valence-corrected chi connectivity index (χ0v) is 15.3. The summed E-state index contributed by atoms with van der Waals surface area (Å²) in [5.74, 6) is 1.55. The lowest BCUT2D eigenvalue weighted by molar-refractivity contribution is 0.0949. The van der Waals surface area contributed by atoms with Crippen LogP contribution in [0, 0.1) is 20.8 Å². The molecule has 1 aromatic carbocycles. The van der Waals surface area contributed by atoms with Gasteiger partial charge in [-0.15, -0.1) is 0 Å². The number of hydrogen-bond acceptors (Lipinski definition) is 4. The van der Waals surface area contributed by atoms with E-state index in [0.29, 0.717) is 17.9 Å². The predicted molar refractivity (Wildman–Crippen MR) is 99.9 cm³/mol.